The molecule has 32 heavy (non-hydrogen) atoms. The molecule has 4 heterocycles. The molecular weight excluding hydrogens is 442 g/mol. The first-order valence-electron chi connectivity index (χ1n) is 10.5. The fourth-order valence-corrected chi connectivity index (χ4v) is 5.30. The normalized spacial score (nSPS) is 14.5. The van der Waals surface area contributed by atoms with Crippen molar-refractivity contribution in [1.82, 2.24) is 19.5 Å². The molecule has 1 fully saturated rings. The molecule has 0 saturated carbocycles. The van der Waals surface area contributed by atoms with Crippen molar-refractivity contribution in [2.75, 3.05) is 31.2 Å². The van der Waals surface area contributed by atoms with Gasteiger partial charge >= 0.3 is 0 Å². The number of aryl methyl sites for hydroxylation is 1. The van der Waals surface area contributed by atoms with Crippen molar-refractivity contribution in [2.24, 2.45) is 0 Å². The van der Waals surface area contributed by atoms with E-state index >= 15 is 0 Å². The molecule has 1 aliphatic rings. The number of thiazole rings is 1. The van der Waals surface area contributed by atoms with Gasteiger partial charge in [-0.05, 0) is 31.2 Å². The molecule has 0 spiro atoms. The number of hydrogen-bond donors (Lipinski definition) is 0. The first-order valence-corrected chi connectivity index (χ1v) is 11.8. The maximum Gasteiger partial charge on any atom is 0.125 e. The summed E-state index contributed by atoms with van der Waals surface area (Å²) in [7, 11) is 0. The van der Waals surface area contributed by atoms with E-state index in [2.05, 4.69) is 37.6 Å². The van der Waals surface area contributed by atoms with Crippen LogP contribution in [0.3, 0.4) is 0 Å². The van der Waals surface area contributed by atoms with Crippen molar-refractivity contribution in [2.45, 2.75) is 6.92 Å². The van der Waals surface area contributed by atoms with Crippen LogP contribution < -0.4 is 4.90 Å². The van der Waals surface area contributed by atoms with E-state index in [-0.39, 0.29) is 0 Å². The molecule has 0 atom stereocenters. The van der Waals surface area contributed by atoms with E-state index in [1.807, 2.05) is 42.9 Å². The average Bonchev–Trinajstić information content (AvgIpc) is 3.47. The van der Waals surface area contributed by atoms with Gasteiger partial charge in [-0.1, -0.05) is 23.7 Å². The third-order valence-corrected chi connectivity index (χ3v) is 7.00. The van der Waals surface area contributed by atoms with Crippen LogP contribution in [0, 0.1) is 6.92 Å². The highest BCUT2D eigenvalue weighted by Gasteiger charge is 2.21. The minimum absolute atomic E-state index is 0.643. The van der Waals surface area contributed by atoms with Crippen molar-refractivity contribution in [3.05, 3.63) is 65.0 Å². The number of rotatable bonds is 3. The van der Waals surface area contributed by atoms with Crippen molar-refractivity contribution >= 4 is 50.6 Å². The van der Waals surface area contributed by atoms with Crippen LogP contribution in [0.2, 0.25) is 5.02 Å². The van der Waals surface area contributed by atoms with E-state index in [0.717, 1.165) is 76.0 Å². The Labute approximate surface area is 194 Å². The minimum Gasteiger partial charge on any atom is -0.378 e. The van der Waals surface area contributed by atoms with Gasteiger partial charge < -0.3 is 9.64 Å². The summed E-state index contributed by atoms with van der Waals surface area (Å²) in [5.41, 5.74) is 6.01. The molecule has 0 bridgehead atoms. The van der Waals surface area contributed by atoms with Gasteiger partial charge in [0.1, 0.15) is 10.8 Å². The second kappa shape index (κ2) is 7.85. The summed E-state index contributed by atoms with van der Waals surface area (Å²) in [4.78, 5) is 16.5. The third kappa shape index (κ3) is 3.16. The number of aromatic nitrogens is 4. The summed E-state index contributed by atoms with van der Waals surface area (Å²) in [5.74, 6) is 0.907. The third-order valence-electron chi connectivity index (χ3n) is 5.89. The molecule has 5 aromatic rings. The lowest BCUT2D eigenvalue weighted by Gasteiger charge is -2.29. The maximum atomic E-state index is 6.46. The van der Waals surface area contributed by atoms with Gasteiger partial charge in [-0.2, -0.15) is 0 Å². The van der Waals surface area contributed by atoms with Crippen molar-refractivity contribution in [3.8, 4) is 16.3 Å². The predicted molar refractivity (Wildman–Crippen MR) is 130 cm³/mol. The van der Waals surface area contributed by atoms with Crippen LogP contribution >= 0.6 is 22.9 Å². The van der Waals surface area contributed by atoms with Crippen LogP contribution in [0.15, 0.2) is 54.2 Å². The lowest BCUT2D eigenvalue weighted by atomic mass is 10.1. The van der Waals surface area contributed by atoms with E-state index in [1.54, 1.807) is 11.3 Å². The number of pyridine rings is 1. The number of nitrogens with zero attached hydrogens (tertiary/aromatic N) is 5. The van der Waals surface area contributed by atoms with E-state index in [9.17, 15) is 0 Å². The number of para-hydroxylation sites is 1. The van der Waals surface area contributed by atoms with Gasteiger partial charge in [-0.15, -0.1) is 11.3 Å². The second-order valence-corrected chi connectivity index (χ2v) is 9.06. The highest BCUT2D eigenvalue weighted by Crippen LogP contribution is 2.37. The first-order chi connectivity index (χ1) is 15.7. The minimum atomic E-state index is 0.643. The zero-order valence-electron chi connectivity index (χ0n) is 17.5. The summed E-state index contributed by atoms with van der Waals surface area (Å²) in [6.45, 7) is 5.23. The van der Waals surface area contributed by atoms with Gasteiger partial charge in [0, 0.05) is 47.5 Å². The summed E-state index contributed by atoms with van der Waals surface area (Å²) >= 11 is 8.09. The van der Waals surface area contributed by atoms with E-state index in [0.29, 0.717) is 5.02 Å². The number of ether oxygens (including phenoxy) is 1. The molecule has 0 aliphatic carbocycles. The molecule has 0 radical (unpaired) electrons. The number of hydrogen-bond acceptors (Lipinski definition) is 6. The van der Waals surface area contributed by atoms with Gasteiger partial charge in [0.25, 0.3) is 0 Å². The molecule has 1 saturated heterocycles. The van der Waals surface area contributed by atoms with Gasteiger partial charge in [0.15, 0.2) is 0 Å². The SMILES string of the molecule is Cc1nc2c(-c3nccs3)cc(N3CCOCC3)cc2n1-c1ccnc2c(Cl)cccc12. The Balaban J connectivity index is 1.66. The largest absolute Gasteiger partial charge is 0.378 e. The molecule has 1 aliphatic heterocycles. The number of benzene rings is 2. The summed E-state index contributed by atoms with van der Waals surface area (Å²) in [6, 6.07) is 12.4. The van der Waals surface area contributed by atoms with E-state index < -0.39 is 0 Å². The smallest absolute Gasteiger partial charge is 0.125 e. The summed E-state index contributed by atoms with van der Waals surface area (Å²) < 4.78 is 7.78. The fourth-order valence-electron chi connectivity index (χ4n) is 4.43. The first kappa shape index (κ1) is 19.7. The number of halogens is 1. The average molecular weight is 462 g/mol. The monoisotopic (exact) mass is 461 g/mol. The topological polar surface area (TPSA) is 56.1 Å². The van der Waals surface area contributed by atoms with Gasteiger partial charge in [-0.3, -0.25) is 9.55 Å². The summed E-state index contributed by atoms with van der Waals surface area (Å²) in [6.07, 6.45) is 3.65. The molecule has 6 nitrogen and oxygen atoms in total. The number of anilines is 1. The lowest BCUT2D eigenvalue weighted by molar-refractivity contribution is 0.122. The van der Waals surface area contributed by atoms with Crippen LogP contribution in [0.25, 0.3) is 38.2 Å². The van der Waals surface area contributed by atoms with Crippen LogP contribution in [0.1, 0.15) is 5.82 Å². The highest BCUT2D eigenvalue weighted by molar-refractivity contribution is 7.13. The fraction of sp³-hybridized carbons (Fsp3) is 0.208. The molecule has 0 unspecified atom stereocenters. The Kier molecular flexibility index (Phi) is 4.82. The second-order valence-electron chi connectivity index (χ2n) is 7.76. The van der Waals surface area contributed by atoms with E-state index in [4.69, 9.17) is 21.3 Å². The number of morpholine rings is 1. The van der Waals surface area contributed by atoms with Crippen LogP contribution in [0.4, 0.5) is 5.69 Å². The van der Waals surface area contributed by atoms with Crippen molar-refractivity contribution in [3.63, 3.8) is 0 Å². The Morgan fingerprint density at radius 3 is 2.72 bits per heavy atom. The molecule has 0 amide bonds. The molecular formula is C24H20ClN5OS. The van der Waals surface area contributed by atoms with Crippen LogP contribution in [-0.4, -0.2) is 45.8 Å². The van der Waals surface area contributed by atoms with Gasteiger partial charge in [0.05, 0.1) is 40.5 Å². The summed E-state index contributed by atoms with van der Waals surface area (Å²) in [5, 5.41) is 4.61. The lowest BCUT2D eigenvalue weighted by Crippen LogP contribution is -2.36. The molecule has 0 N–H and O–H groups in total. The Hall–Kier alpha value is -3.00. The maximum absolute atomic E-state index is 6.46. The highest BCUT2D eigenvalue weighted by atomic mass is 35.5. The quantitative estimate of drug-likeness (QED) is 0.355. The molecule has 160 valence electrons. The Bertz CT molecular complexity index is 1440. The Morgan fingerprint density at radius 2 is 1.91 bits per heavy atom. The van der Waals surface area contributed by atoms with Crippen molar-refractivity contribution < 1.29 is 4.74 Å². The molecule has 6 rings (SSSR count). The predicted octanol–water partition coefficient (Wildman–Crippen LogP) is 5.50. The van der Waals surface area contributed by atoms with Gasteiger partial charge in [0.2, 0.25) is 0 Å². The molecule has 2 aromatic carbocycles. The zero-order chi connectivity index (χ0) is 21.7. The standard InChI is InChI=1S/C24H20ClN5OS/c1-15-28-23-18(24-27-7-12-32-24)13-16(29-8-10-31-11-9-29)14-21(23)30(15)20-5-6-26-22-17(20)3-2-4-19(22)25/h2-7,12-14H,8-11H2,1H3. The number of imidazole rings is 1. The zero-order valence-corrected chi connectivity index (χ0v) is 19.0. The van der Waals surface area contributed by atoms with Gasteiger partial charge in [-0.25, -0.2) is 9.97 Å². The van der Waals surface area contributed by atoms with Crippen LogP contribution in [0.5, 0.6) is 0 Å². The Morgan fingerprint density at radius 1 is 1.03 bits per heavy atom. The molecule has 3 aromatic heterocycles. The number of fused-ring (bicyclic) bond motifs is 2. The molecule has 8 heteroatoms. The van der Waals surface area contributed by atoms with E-state index in [1.165, 1.54) is 0 Å². The van der Waals surface area contributed by atoms with Crippen molar-refractivity contribution in [1.29, 1.82) is 0 Å². The van der Waals surface area contributed by atoms with Crippen LogP contribution in [-0.2, 0) is 4.74 Å².